The molecule has 0 unspecified atom stereocenters. The molecule has 1 aliphatic heterocycles. The Morgan fingerprint density at radius 2 is 1.95 bits per heavy atom. The maximum absolute atomic E-state index is 12.5. The van der Waals surface area contributed by atoms with E-state index in [0.717, 1.165) is 12.2 Å². The van der Waals surface area contributed by atoms with E-state index in [4.69, 9.17) is 9.47 Å². The molecule has 5 heteroatoms. The lowest BCUT2D eigenvalue weighted by Gasteiger charge is -2.22. The fourth-order valence-electron chi connectivity index (χ4n) is 2.51. The number of amides is 1. The zero-order valence-corrected chi connectivity index (χ0v) is 13.4. The van der Waals surface area contributed by atoms with Gasteiger partial charge in [-0.15, -0.1) is 0 Å². The molecule has 1 aromatic rings. The smallest absolute Gasteiger partial charge is 0.328 e. The van der Waals surface area contributed by atoms with Crippen LogP contribution in [0.25, 0.3) is 0 Å². The Labute approximate surface area is 131 Å². The molecule has 0 saturated carbocycles. The van der Waals surface area contributed by atoms with E-state index in [1.54, 1.807) is 29.2 Å². The number of benzene rings is 1. The predicted molar refractivity (Wildman–Crippen MR) is 82.8 cm³/mol. The van der Waals surface area contributed by atoms with E-state index < -0.39 is 6.04 Å². The molecule has 0 N–H and O–H groups in total. The summed E-state index contributed by atoms with van der Waals surface area (Å²) < 4.78 is 10.4. The van der Waals surface area contributed by atoms with Crippen molar-refractivity contribution < 1.29 is 19.1 Å². The van der Waals surface area contributed by atoms with Gasteiger partial charge in [-0.25, -0.2) is 4.79 Å². The van der Waals surface area contributed by atoms with Gasteiger partial charge in [0.25, 0.3) is 5.91 Å². The Kier molecular flexibility index (Phi) is 5.41. The third kappa shape index (κ3) is 3.78. The lowest BCUT2D eigenvalue weighted by atomic mass is 10.1. The molecule has 0 radical (unpaired) electrons. The van der Waals surface area contributed by atoms with Crippen LogP contribution in [0.2, 0.25) is 0 Å². The highest BCUT2D eigenvalue weighted by Gasteiger charge is 2.35. The molecule has 5 nitrogen and oxygen atoms in total. The van der Waals surface area contributed by atoms with Gasteiger partial charge in [-0.2, -0.15) is 0 Å². The van der Waals surface area contributed by atoms with Crippen LogP contribution in [0.5, 0.6) is 5.75 Å². The largest absolute Gasteiger partial charge is 0.493 e. The summed E-state index contributed by atoms with van der Waals surface area (Å²) in [7, 11) is 1.35. The van der Waals surface area contributed by atoms with Crippen molar-refractivity contribution in [3.8, 4) is 5.75 Å². The van der Waals surface area contributed by atoms with Crippen LogP contribution in [0.4, 0.5) is 0 Å². The fraction of sp³-hybridized carbons (Fsp3) is 0.529. The first-order chi connectivity index (χ1) is 10.5. The van der Waals surface area contributed by atoms with Gasteiger partial charge >= 0.3 is 5.97 Å². The summed E-state index contributed by atoms with van der Waals surface area (Å²) in [5.41, 5.74) is 0.563. The molecule has 1 amide bonds. The maximum atomic E-state index is 12.5. The molecule has 120 valence electrons. The number of hydrogen-bond acceptors (Lipinski definition) is 4. The second-order valence-corrected chi connectivity index (χ2v) is 5.91. The lowest BCUT2D eigenvalue weighted by molar-refractivity contribution is -0.145. The summed E-state index contributed by atoms with van der Waals surface area (Å²) in [5.74, 6) is 0.717. The molecule has 1 fully saturated rings. The average Bonchev–Trinajstić information content (AvgIpc) is 3.01. The third-order valence-electron chi connectivity index (χ3n) is 3.67. The van der Waals surface area contributed by atoms with Gasteiger partial charge < -0.3 is 14.4 Å². The maximum Gasteiger partial charge on any atom is 0.328 e. The van der Waals surface area contributed by atoms with Crippen molar-refractivity contribution >= 4 is 11.9 Å². The van der Waals surface area contributed by atoms with Crippen molar-refractivity contribution in [2.24, 2.45) is 5.92 Å². The van der Waals surface area contributed by atoms with Gasteiger partial charge in [-0.3, -0.25) is 4.79 Å². The Hall–Kier alpha value is -2.04. The van der Waals surface area contributed by atoms with E-state index in [-0.39, 0.29) is 11.9 Å². The molecule has 22 heavy (non-hydrogen) atoms. The van der Waals surface area contributed by atoms with Gasteiger partial charge in [0.1, 0.15) is 11.8 Å². The highest BCUT2D eigenvalue weighted by molar-refractivity contribution is 5.97. The zero-order chi connectivity index (χ0) is 16.1. The van der Waals surface area contributed by atoms with E-state index >= 15 is 0 Å². The second kappa shape index (κ2) is 7.29. The molecule has 1 aromatic carbocycles. The lowest BCUT2D eigenvalue weighted by Crippen LogP contribution is -2.41. The number of carbonyl (C=O) groups excluding carboxylic acids is 2. The molecule has 1 atom stereocenters. The molecule has 1 saturated heterocycles. The molecule has 0 bridgehead atoms. The van der Waals surface area contributed by atoms with Crippen LogP contribution in [0, 0.1) is 5.92 Å². The predicted octanol–water partition coefficient (Wildman–Crippen LogP) is 2.50. The minimum absolute atomic E-state index is 0.136. The Balaban J connectivity index is 2.04. The van der Waals surface area contributed by atoms with Gasteiger partial charge in [0, 0.05) is 12.1 Å². The van der Waals surface area contributed by atoms with E-state index in [0.29, 0.717) is 31.1 Å². The highest BCUT2D eigenvalue weighted by Crippen LogP contribution is 2.22. The van der Waals surface area contributed by atoms with Crippen molar-refractivity contribution in [3.63, 3.8) is 0 Å². The summed E-state index contributed by atoms with van der Waals surface area (Å²) in [6, 6.07) is 6.60. The normalized spacial score (nSPS) is 17.6. The number of likely N-dealkylation sites (tertiary alicyclic amines) is 1. The second-order valence-electron chi connectivity index (χ2n) is 5.91. The molecule has 0 spiro atoms. The molecule has 1 aliphatic rings. The molecule has 0 aromatic heterocycles. The number of nitrogens with zero attached hydrogens (tertiary/aromatic N) is 1. The molecule has 1 heterocycles. The minimum atomic E-state index is -0.464. The summed E-state index contributed by atoms with van der Waals surface area (Å²) in [6.45, 7) is 5.39. The Bertz CT molecular complexity index is 524. The zero-order valence-electron chi connectivity index (χ0n) is 13.4. The topological polar surface area (TPSA) is 55.8 Å². The Morgan fingerprint density at radius 1 is 1.27 bits per heavy atom. The van der Waals surface area contributed by atoms with Crippen molar-refractivity contribution in [1.29, 1.82) is 0 Å². The standard InChI is InChI=1S/C17H23NO4/c1-12(2)11-22-14-8-6-13(7-9-14)16(19)18-10-4-5-15(18)17(20)21-3/h6-9,12,15H,4-5,10-11H2,1-3H3/t15-/m0/s1. The summed E-state index contributed by atoms with van der Waals surface area (Å²) >= 11 is 0. The van der Waals surface area contributed by atoms with E-state index in [9.17, 15) is 9.59 Å². The first-order valence-corrected chi connectivity index (χ1v) is 7.64. The fourth-order valence-corrected chi connectivity index (χ4v) is 2.51. The van der Waals surface area contributed by atoms with Crippen LogP contribution >= 0.6 is 0 Å². The van der Waals surface area contributed by atoms with E-state index in [2.05, 4.69) is 13.8 Å². The van der Waals surface area contributed by atoms with Crippen LogP contribution in [-0.4, -0.2) is 43.1 Å². The van der Waals surface area contributed by atoms with Crippen LogP contribution in [0.1, 0.15) is 37.0 Å². The SMILES string of the molecule is COC(=O)[C@@H]1CCCN1C(=O)c1ccc(OCC(C)C)cc1. The molecular weight excluding hydrogens is 282 g/mol. The van der Waals surface area contributed by atoms with Gasteiger partial charge in [-0.1, -0.05) is 13.8 Å². The first kappa shape index (κ1) is 16.3. The minimum Gasteiger partial charge on any atom is -0.493 e. The van der Waals surface area contributed by atoms with Gasteiger partial charge in [-0.05, 0) is 43.0 Å². The third-order valence-corrected chi connectivity index (χ3v) is 3.67. The summed E-state index contributed by atoms with van der Waals surface area (Å²) in [6.07, 6.45) is 1.48. The molecular formula is C17H23NO4. The van der Waals surface area contributed by atoms with Crippen molar-refractivity contribution in [2.75, 3.05) is 20.3 Å². The van der Waals surface area contributed by atoms with E-state index in [1.807, 2.05) is 0 Å². The monoisotopic (exact) mass is 305 g/mol. The van der Waals surface area contributed by atoms with E-state index in [1.165, 1.54) is 7.11 Å². The Morgan fingerprint density at radius 3 is 2.55 bits per heavy atom. The van der Waals surface area contributed by atoms with Crippen LogP contribution < -0.4 is 4.74 Å². The van der Waals surface area contributed by atoms with Crippen LogP contribution in [0.3, 0.4) is 0 Å². The number of rotatable bonds is 5. The number of methoxy groups -OCH3 is 1. The van der Waals surface area contributed by atoms with Crippen molar-refractivity contribution in [3.05, 3.63) is 29.8 Å². The number of esters is 1. The highest BCUT2D eigenvalue weighted by atomic mass is 16.5. The molecule has 0 aliphatic carbocycles. The number of hydrogen-bond donors (Lipinski definition) is 0. The van der Waals surface area contributed by atoms with Crippen molar-refractivity contribution in [1.82, 2.24) is 4.90 Å². The van der Waals surface area contributed by atoms with Gasteiger partial charge in [0.15, 0.2) is 0 Å². The summed E-state index contributed by atoms with van der Waals surface area (Å²) in [4.78, 5) is 25.9. The first-order valence-electron chi connectivity index (χ1n) is 7.64. The van der Waals surface area contributed by atoms with Gasteiger partial charge in [0.05, 0.1) is 13.7 Å². The van der Waals surface area contributed by atoms with Crippen molar-refractivity contribution in [2.45, 2.75) is 32.7 Å². The summed E-state index contributed by atoms with van der Waals surface area (Å²) in [5, 5.41) is 0. The van der Waals surface area contributed by atoms with Gasteiger partial charge in [0.2, 0.25) is 0 Å². The van der Waals surface area contributed by atoms with Crippen LogP contribution in [0.15, 0.2) is 24.3 Å². The molecule has 2 rings (SSSR count). The van der Waals surface area contributed by atoms with Crippen LogP contribution in [-0.2, 0) is 9.53 Å². The quantitative estimate of drug-likeness (QED) is 0.784. The average molecular weight is 305 g/mol. The number of carbonyl (C=O) groups is 2. The number of ether oxygens (including phenoxy) is 2.